The van der Waals surface area contributed by atoms with Crippen molar-refractivity contribution in [2.24, 2.45) is 0 Å². The molecule has 1 unspecified atom stereocenters. The molecule has 1 aliphatic heterocycles. The molecule has 0 radical (unpaired) electrons. The first kappa shape index (κ1) is 23.6. The summed E-state index contributed by atoms with van der Waals surface area (Å²) in [6.45, 7) is 6.37. The first-order chi connectivity index (χ1) is 14.8. The summed E-state index contributed by atoms with van der Waals surface area (Å²) in [6, 6.07) is 9.77. The van der Waals surface area contributed by atoms with Crippen molar-refractivity contribution in [1.29, 1.82) is 5.26 Å². The number of halogens is 3. The van der Waals surface area contributed by atoms with Crippen LogP contribution in [0.3, 0.4) is 0 Å². The summed E-state index contributed by atoms with van der Waals surface area (Å²) in [7, 11) is -0.493. The molecule has 2 aromatic carbocycles. The zero-order valence-electron chi connectivity index (χ0n) is 17.7. The molecule has 0 aromatic heterocycles. The van der Waals surface area contributed by atoms with Crippen LogP contribution < -0.4 is 4.31 Å². The standard InChI is InChI=1S/C24H26BClF2N2S/c1-4-17(2)18-5-6-19(24(28)13-18)15-30(20-7-8-23(27)22(26)14-20)31(3)21-9-11-25(16-29)12-10-21/h5-8,13-14,21H,2-4,9-12,15H2,1H3. The fourth-order valence-electron chi connectivity index (χ4n) is 3.85. The zero-order valence-corrected chi connectivity index (χ0v) is 19.3. The Hall–Kier alpha value is -2.10. The minimum absolute atomic E-state index is 0.0303. The Kier molecular flexibility index (Phi) is 7.97. The minimum atomic E-state index is -0.493. The normalized spacial score (nSPS) is 15.4. The van der Waals surface area contributed by atoms with E-state index in [1.54, 1.807) is 18.2 Å². The van der Waals surface area contributed by atoms with E-state index in [9.17, 15) is 14.0 Å². The van der Waals surface area contributed by atoms with Crippen molar-refractivity contribution in [3.8, 4) is 5.97 Å². The summed E-state index contributed by atoms with van der Waals surface area (Å²) in [4.78, 5) is 0. The molecule has 0 amide bonds. The van der Waals surface area contributed by atoms with Crippen molar-refractivity contribution < 1.29 is 8.78 Å². The first-order valence-electron chi connectivity index (χ1n) is 10.5. The first-order valence-corrected chi connectivity index (χ1v) is 12.2. The maximum absolute atomic E-state index is 15.0. The van der Waals surface area contributed by atoms with Gasteiger partial charge in [0, 0.05) is 22.5 Å². The summed E-state index contributed by atoms with van der Waals surface area (Å²) in [5.41, 5.74) is 2.94. The number of nitriles is 1. The molecule has 0 N–H and O–H groups in total. The van der Waals surface area contributed by atoms with Crippen molar-refractivity contribution in [2.75, 3.05) is 4.31 Å². The fourth-order valence-corrected chi connectivity index (χ4v) is 5.89. The summed E-state index contributed by atoms with van der Waals surface area (Å²) in [6.07, 6.45) is 4.25. The molecular weight excluding hydrogens is 433 g/mol. The maximum atomic E-state index is 15.0. The van der Waals surface area contributed by atoms with Crippen LogP contribution in [0.1, 0.15) is 37.3 Å². The smallest absolute Gasteiger partial charge is 0.267 e. The molecule has 1 heterocycles. The molecule has 1 fully saturated rings. The SMILES string of the molecule is C=C(CC)c1ccc(CN(c2ccc(F)c(Cl)c2)S(=C)C2CCB(C#N)CC2)c(F)c1. The summed E-state index contributed by atoms with van der Waals surface area (Å²) < 4.78 is 30.8. The number of hydrogen-bond acceptors (Lipinski definition) is 2. The highest BCUT2D eigenvalue weighted by atomic mass is 35.5. The van der Waals surface area contributed by atoms with Gasteiger partial charge in [0.25, 0.3) is 6.71 Å². The number of anilines is 1. The van der Waals surface area contributed by atoms with Crippen LogP contribution in [-0.2, 0) is 6.54 Å². The summed E-state index contributed by atoms with van der Waals surface area (Å²) >= 11 is 6.05. The molecule has 0 bridgehead atoms. The third-order valence-electron chi connectivity index (χ3n) is 5.92. The van der Waals surface area contributed by atoms with Crippen molar-refractivity contribution >= 4 is 46.1 Å². The van der Waals surface area contributed by atoms with Crippen LogP contribution in [0.15, 0.2) is 43.0 Å². The molecule has 1 saturated heterocycles. The van der Waals surface area contributed by atoms with Gasteiger partial charge in [-0.25, -0.2) is 14.0 Å². The van der Waals surface area contributed by atoms with Crippen molar-refractivity contribution in [1.82, 2.24) is 0 Å². The lowest BCUT2D eigenvalue weighted by molar-refractivity contribution is 0.610. The molecule has 1 atom stereocenters. The van der Waals surface area contributed by atoms with Gasteiger partial charge in [0.05, 0.1) is 11.6 Å². The highest BCUT2D eigenvalue weighted by molar-refractivity contribution is 8.15. The van der Waals surface area contributed by atoms with E-state index in [1.165, 1.54) is 12.1 Å². The van der Waals surface area contributed by atoms with E-state index in [1.807, 2.05) is 17.3 Å². The Morgan fingerprint density at radius 2 is 1.94 bits per heavy atom. The molecule has 7 heteroatoms. The van der Waals surface area contributed by atoms with Gasteiger partial charge < -0.3 is 4.31 Å². The van der Waals surface area contributed by atoms with E-state index in [4.69, 9.17) is 11.6 Å². The second-order valence-electron chi connectivity index (χ2n) is 7.90. The van der Waals surface area contributed by atoms with E-state index in [2.05, 4.69) is 18.4 Å². The molecule has 1 aliphatic rings. The van der Waals surface area contributed by atoms with E-state index in [0.29, 0.717) is 17.8 Å². The third kappa shape index (κ3) is 5.58. The van der Waals surface area contributed by atoms with Crippen LogP contribution in [0, 0.1) is 22.9 Å². The van der Waals surface area contributed by atoms with Gasteiger partial charge in [-0.2, -0.15) is 0 Å². The molecule has 2 aromatic rings. The number of rotatable bonds is 7. The Morgan fingerprint density at radius 1 is 1.23 bits per heavy atom. The lowest BCUT2D eigenvalue weighted by atomic mass is 9.43. The van der Waals surface area contributed by atoms with Crippen LogP contribution in [0.2, 0.25) is 17.7 Å². The summed E-state index contributed by atoms with van der Waals surface area (Å²) in [5.74, 6) is 6.00. The Morgan fingerprint density at radius 3 is 2.52 bits per heavy atom. The molecule has 162 valence electrons. The zero-order chi connectivity index (χ0) is 22.5. The van der Waals surface area contributed by atoms with Crippen molar-refractivity contribution in [3.63, 3.8) is 0 Å². The van der Waals surface area contributed by atoms with Crippen LogP contribution in [0.5, 0.6) is 0 Å². The predicted octanol–water partition coefficient (Wildman–Crippen LogP) is 7.38. The van der Waals surface area contributed by atoms with Gasteiger partial charge in [-0.3, -0.25) is 0 Å². The Balaban J connectivity index is 1.91. The Bertz CT molecular complexity index is 1030. The average molecular weight is 459 g/mol. The quantitative estimate of drug-likeness (QED) is 0.319. The Labute approximate surface area is 191 Å². The molecule has 2 nitrogen and oxygen atoms in total. The molecule has 0 saturated carbocycles. The second kappa shape index (κ2) is 10.5. The largest absolute Gasteiger partial charge is 0.318 e. The van der Waals surface area contributed by atoms with Gasteiger partial charge in [0.15, 0.2) is 0 Å². The predicted molar refractivity (Wildman–Crippen MR) is 132 cm³/mol. The maximum Gasteiger partial charge on any atom is 0.267 e. The molecule has 0 spiro atoms. The van der Waals surface area contributed by atoms with Gasteiger partial charge in [-0.15, -0.1) is 0 Å². The van der Waals surface area contributed by atoms with E-state index < -0.39 is 16.5 Å². The summed E-state index contributed by atoms with van der Waals surface area (Å²) in [5, 5.41) is 9.51. The number of allylic oxidation sites excluding steroid dienone is 1. The topological polar surface area (TPSA) is 27.0 Å². The van der Waals surface area contributed by atoms with Crippen molar-refractivity contribution in [3.05, 3.63) is 70.8 Å². The molecule has 31 heavy (non-hydrogen) atoms. The molecular formula is C24H26BClF2N2S. The van der Waals surface area contributed by atoms with Crippen molar-refractivity contribution in [2.45, 2.75) is 50.6 Å². The lowest BCUT2D eigenvalue weighted by Crippen LogP contribution is -2.28. The number of hydrogen-bond donors (Lipinski definition) is 0. The van der Waals surface area contributed by atoms with Crippen LogP contribution in [-0.4, -0.2) is 17.8 Å². The van der Waals surface area contributed by atoms with E-state index >= 15 is 0 Å². The van der Waals surface area contributed by atoms with Gasteiger partial charge in [0.1, 0.15) is 11.6 Å². The highest BCUT2D eigenvalue weighted by Crippen LogP contribution is 2.40. The fraction of sp³-hybridized carbons (Fsp3) is 0.333. The van der Waals surface area contributed by atoms with Crippen LogP contribution in [0.25, 0.3) is 5.57 Å². The number of nitrogens with zero attached hydrogens (tertiary/aromatic N) is 2. The van der Waals surface area contributed by atoms with Gasteiger partial charge in [0.2, 0.25) is 0 Å². The second-order valence-corrected chi connectivity index (χ2v) is 10.2. The van der Waals surface area contributed by atoms with Crippen LogP contribution in [0.4, 0.5) is 14.5 Å². The lowest BCUT2D eigenvalue weighted by Gasteiger charge is -2.35. The van der Waals surface area contributed by atoms with Gasteiger partial charge in [-0.05, 0) is 54.7 Å². The van der Waals surface area contributed by atoms with Crippen LogP contribution >= 0.6 is 22.3 Å². The van der Waals surface area contributed by atoms with Gasteiger partial charge >= 0.3 is 0 Å². The van der Waals surface area contributed by atoms with Gasteiger partial charge in [-0.1, -0.05) is 66.4 Å². The van der Waals surface area contributed by atoms with E-state index in [0.717, 1.165) is 43.0 Å². The minimum Gasteiger partial charge on any atom is -0.318 e. The van der Waals surface area contributed by atoms with E-state index in [-0.39, 0.29) is 22.8 Å². The highest BCUT2D eigenvalue weighted by Gasteiger charge is 2.28. The average Bonchev–Trinajstić information content (AvgIpc) is 2.79. The number of benzene rings is 2. The third-order valence-corrected chi connectivity index (χ3v) is 8.35. The molecule has 0 aliphatic carbocycles. The molecule has 3 rings (SSSR count). The monoisotopic (exact) mass is 458 g/mol.